The molecular weight excluding hydrogens is 633 g/mol. The number of hydrogen-bond donors (Lipinski definition) is 1. The molecule has 1 aliphatic carbocycles. The number of fused-ring (bicyclic) bond motifs is 1. The quantitative estimate of drug-likeness (QED) is 0.223. The normalized spacial score (nSPS) is 23.2. The van der Waals surface area contributed by atoms with Gasteiger partial charge in [-0.1, -0.05) is 11.6 Å². The van der Waals surface area contributed by atoms with Gasteiger partial charge in [0, 0.05) is 36.8 Å². The van der Waals surface area contributed by atoms with Crippen LogP contribution in [0.3, 0.4) is 0 Å². The Morgan fingerprint density at radius 2 is 1.98 bits per heavy atom. The highest BCUT2D eigenvalue weighted by molar-refractivity contribution is 6.32. The minimum atomic E-state index is -4.94. The summed E-state index contributed by atoms with van der Waals surface area (Å²) in [5, 5.41) is -0.551. The van der Waals surface area contributed by atoms with E-state index in [1.807, 2.05) is 35.8 Å². The number of nitrogens with zero attached hydrogens (tertiary/aromatic N) is 6. The van der Waals surface area contributed by atoms with Crippen LogP contribution >= 0.6 is 11.6 Å². The van der Waals surface area contributed by atoms with E-state index in [1.165, 1.54) is 0 Å². The third kappa shape index (κ3) is 5.99. The van der Waals surface area contributed by atoms with E-state index in [0.717, 1.165) is 31.5 Å². The number of nitrogens with two attached hydrogens (primary N) is 1. The summed E-state index contributed by atoms with van der Waals surface area (Å²) in [6.45, 7) is 1.99. The van der Waals surface area contributed by atoms with Crippen LogP contribution in [0.2, 0.25) is 5.02 Å². The van der Waals surface area contributed by atoms with Crippen molar-refractivity contribution in [3.63, 3.8) is 0 Å². The first kappa shape index (κ1) is 32.7. The van der Waals surface area contributed by atoms with Gasteiger partial charge in [-0.2, -0.15) is 23.1 Å². The number of likely N-dealkylation sites (tertiary alicyclic amines) is 1. The minimum absolute atomic E-state index is 0.0483. The lowest BCUT2D eigenvalue weighted by Gasteiger charge is -2.42. The van der Waals surface area contributed by atoms with Gasteiger partial charge in [0.15, 0.2) is 5.82 Å². The molecule has 1 saturated heterocycles. The van der Waals surface area contributed by atoms with Gasteiger partial charge in [0.2, 0.25) is 5.88 Å². The highest BCUT2D eigenvalue weighted by atomic mass is 35.5. The predicted molar refractivity (Wildman–Crippen MR) is 166 cm³/mol. The lowest BCUT2D eigenvalue weighted by atomic mass is 9.81. The molecule has 2 aliphatic heterocycles. The SMILES string of the molecule is CN(C)CCN1CC2CCC2Oc2nc(-c3cc(N)cc(Cl)c3C(F)(F)F)c(F)c3nc(OC[C@@]4(CCF)CCCN4C)nc1c23. The van der Waals surface area contributed by atoms with Crippen molar-refractivity contribution in [2.75, 3.05) is 71.2 Å². The number of alkyl halides is 4. The van der Waals surface area contributed by atoms with E-state index < -0.39 is 46.1 Å². The summed E-state index contributed by atoms with van der Waals surface area (Å²) in [6, 6.07) is 1.78. The van der Waals surface area contributed by atoms with Crippen LogP contribution in [-0.2, 0) is 6.18 Å². The lowest BCUT2D eigenvalue weighted by Crippen LogP contribution is -2.48. The molecule has 0 amide bonds. The van der Waals surface area contributed by atoms with Crippen LogP contribution < -0.4 is 20.1 Å². The average molecular weight is 670 g/mol. The van der Waals surface area contributed by atoms with Crippen LogP contribution in [0, 0.1) is 11.7 Å². The van der Waals surface area contributed by atoms with Crippen molar-refractivity contribution in [2.45, 2.75) is 49.9 Å². The Labute approximate surface area is 268 Å². The molecule has 15 heteroatoms. The zero-order valence-corrected chi connectivity index (χ0v) is 26.7. The number of aromatic nitrogens is 3. The molecule has 2 N–H and O–H groups in total. The summed E-state index contributed by atoms with van der Waals surface area (Å²) in [4.78, 5) is 19.6. The summed E-state index contributed by atoms with van der Waals surface area (Å²) in [7, 11) is 5.77. The summed E-state index contributed by atoms with van der Waals surface area (Å²) < 4.78 is 85.8. The van der Waals surface area contributed by atoms with E-state index in [4.69, 9.17) is 31.8 Å². The lowest BCUT2D eigenvalue weighted by molar-refractivity contribution is -0.137. The second kappa shape index (κ2) is 12.4. The van der Waals surface area contributed by atoms with Gasteiger partial charge in [-0.25, -0.2) is 9.37 Å². The summed E-state index contributed by atoms with van der Waals surface area (Å²) in [5.74, 6) is -0.806. The standard InChI is InChI=1S/C31H37ClF5N7O2/c1-42(2)11-12-44-15-17-5-6-21(17)46-28-22-26(24(34)25(39-28)19-13-18(38)14-20(32)23(19)31(35,36)37)40-29(41-27(22)44)45-16-30(8-9-33)7-4-10-43(30)3/h13-14,17,21H,4-12,15-16,38H2,1-3H3/t17?,21?,30-/m0/s1. The first-order chi connectivity index (χ1) is 21.8. The van der Waals surface area contributed by atoms with Gasteiger partial charge in [-0.15, -0.1) is 0 Å². The monoisotopic (exact) mass is 669 g/mol. The fourth-order valence-electron chi connectivity index (χ4n) is 6.71. The molecule has 4 heterocycles. The van der Waals surface area contributed by atoms with Crippen LogP contribution in [-0.4, -0.2) is 97.0 Å². The van der Waals surface area contributed by atoms with Crippen molar-refractivity contribution in [1.82, 2.24) is 24.8 Å². The van der Waals surface area contributed by atoms with Crippen LogP contribution in [0.15, 0.2) is 12.1 Å². The molecule has 0 spiro atoms. The van der Waals surface area contributed by atoms with Gasteiger partial charge in [0.25, 0.3) is 0 Å². The van der Waals surface area contributed by atoms with Crippen molar-refractivity contribution >= 4 is 34.0 Å². The number of hydrogen-bond acceptors (Lipinski definition) is 9. The third-order valence-electron chi connectivity index (χ3n) is 9.52. The van der Waals surface area contributed by atoms with Crippen LogP contribution in [0.5, 0.6) is 11.9 Å². The molecule has 46 heavy (non-hydrogen) atoms. The second-order valence-electron chi connectivity index (χ2n) is 12.8. The molecule has 250 valence electrons. The van der Waals surface area contributed by atoms with Gasteiger partial charge in [-0.3, -0.25) is 9.29 Å². The topological polar surface area (TPSA) is 92.9 Å². The zero-order valence-electron chi connectivity index (χ0n) is 25.9. The molecule has 1 saturated carbocycles. The van der Waals surface area contributed by atoms with Crippen LogP contribution in [0.25, 0.3) is 22.2 Å². The largest absolute Gasteiger partial charge is 0.473 e. The molecule has 2 fully saturated rings. The maximum atomic E-state index is 16.7. The number of ether oxygens (including phenoxy) is 2. The highest BCUT2D eigenvalue weighted by Gasteiger charge is 2.42. The number of anilines is 2. The number of benzene rings is 1. The molecule has 3 atom stereocenters. The molecular formula is C31H37ClF5N7O2. The van der Waals surface area contributed by atoms with E-state index in [0.29, 0.717) is 38.3 Å². The molecule has 3 aliphatic rings. The maximum Gasteiger partial charge on any atom is 0.418 e. The van der Waals surface area contributed by atoms with E-state index in [1.54, 1.807) is 0 Å². The number of nitrogen functional groups attached to an aromatic ring is 1. The van der Waals surface area contributed by atoms with E-state index in [2.05, 4.69) is 9.97 Å². The number of rotatable bonds is 9. The Balaban J connectivity index is 1.57. The van der Waals surface area contributed by atoms with Crippen molar-refractivity contribution in [1.29, 1.82) is 0 Å². The Morgan fingerprint density at radius 1 is 1.20 bits per heavy atom. The Hall–Kier alpha value is -3.23. The fraction of sp³-hybridized carbons (Fsp3) is 0.581. The Bertz CT molecular complexity index is 1630. The van der Waals surface area contributed by atoms with Gasteiger partial charge >= 0.3 is 12.2 Å². The van der Waals surface area contributed by atoms with E-state index >= 15 is 4.39 Å². The molecule has 0 bridgehead atoms. The van der Waals surface area contributed by atoms with E-state index in [9.17, 15) is 17.6 Å². The molecule has 9 nitrogen and oxygen atoms in total. The molecule has 1 aromatic carbocycles. The average Bonchev–Trinajstić information content (AvgIpc) is 3.32. The molecule has 2 aromatic heterocycles. The van der Waals surface area contributed by atoms with Crippen molar-refractivity contribution in [3.8, 4) is 23.1 Å². The van der Waals surface area contributed by atoms with Gasteiger partial charge in [0.05, 0.1) is 22.8 Å². The predicted octanol–water partition coefficient (Wildman–Crippen LogP) is 5.83. The first-order valence-electron chi connectivity index (χ1n) is 15.4. The number of likely N-dealkylation sites (N-methyl/N-ethyl adjacent to an activating group) is 2. The molecule has 0 radical (unpaired) electrons. The Kier molecular flexibility index (Phi) is 8.83. The molecule has 6 rings (SSSR count). The fourth-order valence-corrected chi connectivity index (χ4v) is 7.05. The maximum absolute atomic E-state index is 16.7. The highest BCUT2D eigenvalue weighted by Crippen LogP contribution is 2.47. The summed E-state index contributed by atoms with van der Waals surface area (Å²) in [6.07, 6.45) is -1.85. The van der Waals surface area contributed by atoms with Gasteiger partial charge < -0.3 is 25.0 Å². The first-order valence-corrected chi connectivity index (χ1v) is 15.7. The van der Waals surface area contributed by atoms with E-state index in [-0.39, 0.29) is 53.5 Å². The zero-order chi connectivity index (χ0) is 33.0. The van der Waals surface area contributed by atoms with Crippen LogP contribution in [0.1, 0.15) is 37.7 Å². The van der Waals surface area contributed by atoms with Crippen molar-refractivity contribution < 1.29 is 31.4 Å². The minimum Gasteiger partial charge on any atom is -0.473 e. The third-order valence-corrected chi connectivity index (χ3v) is 9.82. The molecule has 2 unspecified atom stereocenters. The number of pyridine rings is 1. The van der Waals surface area contributed by atoms with Crippen molar-refractivity contribution in [2.24, 2.45) is 5.92 Å². The summed E-state index contributed by atoms with van der Waals surface area (Å²) >= 11 is 6.04. The van der Waals surface area contributed by atoms with Gasteiger partial charge in [0.1, 0.15) is 35.1 Å². The Morgan fingerprint density at radius 3 is 2.61 bits per heavy atom. The summed E-state index contributed by atoms with van der Waals surface area (Å²) in [5.41, 5.74) is 2.34. The second-order valence-corrected chi connectivity index (χ2v) is 13.2. The smallest absolute Gasteiger partial charge is 0.418 e. The van der Waals surface area contributed by atoms with Crippen LogP contribution in [0.4, 0.5) is 33.5 Å². The molecule has 3 aromatic rings. The van der Waals surface area contributed by atoms with Crippen molar-refractivity contribution in [3.05, 3.63) is 28.5 Å². The van der Waals surface area contributed by atoms with Gasteiger partial charge in [-0.05, 0) is 71.9 Å². The number of halogens is 6.